The first-order chi connectivity index (χ1) is 6.79. The summed E-state index contributed by atoms with van der Waals surface area (Å²) in [6, 6.07) is 0.622. The Bertz CT molecular complexity index is 146. The van der Waals surface area contributed by atoms with Gasteiger partial charge in [0.25, 0.3) is 0 Å². The highest BCUT2D eigenvalue weighted by Gasteiger charge is 2.26. The highest BCUT2D eigenvalue weighted by molar-refractivity contribution is 7.99. The molecule has 0 bridgehead atoms. The molecule has 0 saturated carbocycles. The molecule has 2 unspecified atom stereocenters. The number of hydrogen-bond donors (Lipinski definition) is 1. The van der Waals surface area contributed by atoms with Crippen LogP contribution in [0.15, 0.2) is 0 Å². The lowest BCUT2D eigenvalue weighted by atomic mass is 9.98. The summed E-state index contributed by atoms with van der Waals surface area (Å²) in [7, 11) is 2.23. The van der Waals surface area contributed by atoms with Crippen LogP contribution in [-0.4, -0.2) is 42.6 Å². The molecule has 0 aromatic heterocycles. The summed E-state index contributed by atoms with van der Waals surface area (Å²) in [4.78, 5) is 2.47. The molecule has 0 amide bonds. The Labute approximate surface area is 92.6 Å². The minimum absolute atomic E-state index is 0.622. The minimum Gasteiger partial charge on any atom is -0.329 e. The van der Waals surface area contributed by atoms with E-state index in [9.17, 15) is 0 Å². The van der Waals surface area contributed by atoms with Gasteiger partial charge in [-0.05, 0) is 43.9 Å². The Morgan fingerprint density at radius 3 is 2.86 bits per heavy atom. The molecule has 2 N–H and O–H groups in total. The van der Waals surface area contributed by atoms with E-state index in [0.717, 1.165) is 12.5 Å². The Balaban J connectivity index is 2.34. The predicted molar refractivity (Wildman–Crippen MR) is 65.8 cm³/mol. The first-order valence-electron chi connectivity index (χ1n) is 5.77. The average molecular weight is 216 g/mol. The second kappa shape index (κ2) is 6.70. The highest BCUT2D eigenvalue weighted by Crippen LogP contribution is 2.28. The van der Waals surface area contributed by atoms with E-state index < -0.39 is 0 Å². The largest absolute Gasteiger partial charge is 0.329 e. The molecule has 2 nitrogen and oxygen atoms in total. The van der Waals surface area contributed by atoms with Gasteiger partial charge in [-0.15, -0.1) is 0 Å². The fraction of sp³-hybridized carbons (Fsp3) is 1.00. The van der Waals surface area contributed by atoms with Crippen LogP contribution in [0.4, 0.5) is 0 Å². The van der Waals surface area contributed by atoms with Crippen molar-refractivity contribution in [1.29, 1.82) is 0 Å². The van der Waals surface area contributed by atoms with Crippen molar-refractivity contribution in [3.63, 3.8) is 0 Å². The van der Waals surface area contributed by atoms with Gasteiger partial charge in [0, 0.05) is 12.6 Å². The maximum atomic E-state index is 5.87. The molecule has 2 atom stereocenters. The quantitative estimate of drug-likeness (QED) is 0.734. The van der Waals surface area contributed by atoms with Crippen LogP contribution in [0.1, 0.15) is 26.2 Å². The second-order valence-electron chi connectivity index (χ2n) is 4.26. The van der Waals surface area contributed by atoms with Crippen LogP contribution in [0.25, 0.3) is 0 Å². The summed E-state index contributed by atoms with van der Waals surface area (Å²) in [5.41, 5.74) is 5.87. The lowest BCUT2D eigenvalue weighted by molar-refractivity contribution is 0.189. The number of rotatable bonds is 6. The summed E-state index contributed by atoms with van der Waals surface area (Å²) in [5, 5.41) is 0. The van der Waals surface area contributed by atoms with Gasteiger partial charge >= 0.3 is 0 Å². The summed E-state index contributed by atoms with van der Waals surface area (Å²) in [5.74, 6) is 3.49. The molecule has 0 aromatic carbocycles. The molecule has 0 aliphatic carbocycles. The Morgan fingerprint density at radius 1 is 1.57 bits per heavy atom. The molecule has 14 heavy (non-hydrogen) atoms. The van der Waals surface area contributed by atoms with Gasteiger partial charge in [-0.1, -0.05) is 13.3 Å². The van der Waals surface area contributed by atoms with Crippen LogP contribution in [-0.2, 0) is 0 Å². The first kappa shape index (κ1) is 12.3. The smallest absolute Gasteiger partial charge is 0.0251 e. The summed E-state index contributed by atoms with van der Waals surface area (Å²) in [6.45, 7) is 4.28. The molecular formula is C11H24N2S. The van der Waals surface area contributed by atoms with Crippen LogP contribution in [0.3, 0.4) is 0 Å². The van der Waals surface area contributed by atoms with Gasteiger partial charge in [0.2, 0.25) is 0 Å². The zero-order valence-corrected chi connectivity index (χ0v) is 10.4. The molecule has 0 spiro atoms. The molecule has 0 radical (unpaired) electrons. The van der Waals surface area contributed by atoms with E-state index in [1.807, 2.05) is 0 Å². The fourth-order valence-electron chi connectivity index (χ4n) is 2.16. The van der Waals surface area contributed by atoms with E-state index in [1.54, 1.807) is 0 Å². The van der Waals surface area contributed by atoms with Crippen molar-refractivity contribution < 1.29 is 0 Å². The molecule has 84 valence electrons. The Hall–Kier alpha value is 0.270. The Morgan fingerprint density at radius 2 is 2.36 bits per heavy atom. The highest BCUT2D eigenvalue weighted by atomic mass is 32.2. The van der Waals surface area contributed by atoms with Gasteiger partial charge in [0.05, 0.1) is 0 Å². The van der Waals surface area contributed by atoms with Gasteiger partial charge in [-0.2, -0.15) is 11.8 Å². The molecule has 1 fully saturated rings. The lowest BCUT2D eigenvalue weighted by Crippen LogP contribution is -2.44. The number of thioether (sulfide) groups is 1. The van der Waals surface area contributed by atoms with Gasteiger partial charge < -0.3 is 10.6 Å². The Kier molecular flexibility index (Phi) is 5.90. The van der Waals surface area contributed by atoms with Gasteiger partial charge in [-0.3, -0.25) is 0 Å². The lowest BCUT2D eigenvalue weighted by Gasteiger charge is -2.31. The molecule has 1 saturated heterocycles. The molecule has 1 rings (SSSR count). The normalized spacial score (nSPS) is 24.4. The van der Waals surface area contributed by atoms with Crippen molar-refractivity contribution in [3.05, 3.63) is 0 Å². The van der Waals surface area contributed by atoms with E-state index in [0.29, 0.717) is 6.04 Å². The van der Waals surface area contributed by atoms with Crippen molar-refractivity contribution in [3.8, 4) is 0 Å². The van der Waals surface area contributed by atoms with E-state index >= 15 is 0 Å². The zero-order valence-electron chi connectivity index (χ0n) is 9.54. The standard InChI is InChI=1S/C11H24N2S/c1-3-4-6-13(2)11(8-12)10-5-7-14-9-10/h10-11H,3-9,12H2,1-2H3. The third kappa shape index (κ3) is 3.44. The SMILES string of the molecule is CCCCN(C)C(CN)C1CCSC1. The fourth-order valence-corrected chi connectivity index (χ4v) is 3.49. The van der Waals surface area contributed by atoms with Gasteiger partial charge in [-0.25, -0.2) is 0 Å². The maximum Gasteiger partial charge on any atom is 0.0251 e. The van der Waals surface area contributed by atoms with Gasteiger partial charge in [0.15, 0.2) is 0 Å². The van der Waals surface area contributed by atoms with Crippen LogP contribution >= 0.6 is 11.8 Å². The monoisotopic (exact) mass is 216 g/mol. The molecule has 1 aliphatic heterocycles. The van der Waals surface area contributed by atoms with Crippen molar-refractivity contribution in [2.45, 2.75) is 32.2 Å². The maximum absolute atomic E-state index is 5.87. The van der Waals surface area contributed by atoms with E-state index in [-0.39, 0.29) is 0 Å². The second-order valence-corrected chi connectivity index (χ2v) is 5.41. The van der Waals surface area contributed by atoms with E-state index in [4.69, 9.17) is 5.73 Å². The first-order valence-corrected chi connectivity index (χ1v) is 6.93. The number of nitrogens with zero attached hydrogens (tertiary/aromatic N) is 1. The molecule has 3 heteroatoms. The number of nitrogens with two attached hydrogens (primary N) is 1. The number of likely N-dealkylation sites (N-methyl/N-ethyl adjacent to an activating group) is 1. The summed E-state index contributed by atoms with van der Waals surface area (Å²) >= 11 is 2.08. The summed E-state index contributed by atoms with van der Waals surface area (Å²) < 4.78 is 0. The van der Waals surface area contributed by atoms with E-state index in [1.165, 1.54) is 37.3 Å². The van der Waals surface area contributed by atoms with Crippen LogP contribution in [0.5, 0.6) is 0 Å². The van der Waals surface area contributed by atoms with Crippen molar-refractivity contribution in [1.82, 2.24) is 4.90 Å². The summed E-state index contributed by atoms with van der Waals surface area (Å²) in [6.07, 6.45) is 3.94. The van der Waals surface area contributed by atoms with Crippen molar-refractivity contribution in [2.24, 2.45) is 11.7 Å². The van der Waals surface area contributed by atoms with E-state index in [2.05, 4.69) is 30.6 Å². The predicted octanol–water partition coefficient (Wildman–Crippen LogP) is 1.80. The molecule has 1 aliphatic rings. The topological polar surface area (TPSA) is 29.3 Å². The van der Waals surface area contributed by atoms with Crippen LogP contribution in [0.2, 0.25) is 0 Å². The number of hydrogen-bond acceptors (Lipinski definition) is 3. The van der Waals surface area contributed by atoms with Crippen LogP contribution < -0.4 is 5.73 Å². The number of unbranched alkanes of at least 4 members (excludes halogenated alkanes) is 1. The third-order valence-corrected chi connectivity index (χ3v) is 4.37. The van der Waals surface area contributed by atoms with Crippen LogP contribution in [0, 0.1) is 5.92 Å². The average Bonchev–Trinajstić information content (AvgIpc) is 2.69. The minimum atomic E-state index is 0.622. The molecular weight excluding hydrogens is 192 g/mol. The van der Waals surface area contributed by atoms with Crippen molar-refractivity contribution in [2.75, 3.05) is 31.6 Å². The molecule has 0 aromatic rings. The third-order valence-electron chi connectivity index (χ3n) is 3.18. The zero-order chi connectivity index (χ0) is 10.4. The van der Waals surface area contributed by atoms with Gasteiger partial charge in [0.1, 0.15) is 0 Å². The molecule has 1 heterocycles. The van der Waals surface area contributed by atoms with Crippen molar-refractivity contribution >= 4 is 11.8 Å².